The molecule has 0 aliphatic carbocycles. The van der Waals surface area contributed by atoms with Crippen LogP contribution in [0.25, 0.3) is 0 Å². The molecule has 0 saturated carbocycles. The SMILES string of the molecule is COc1cc(N)ccc1C(=O)N(CCCO)C(C)C. The predicted octanol–water partition coefficient (Wildman–Crippen LogP) is 1.51. The molecule has 5 heteroatoms. The number of benzene rings is 1. The number of nitrogens with two attached hydrogens (primary N) is 1. The molecule has 0 spiro atoms. The second kappa shape index (κ2) is 6.99. The highest BCUT2D eigenvalue weighted by Crippen LogP contribution is 2.23. The molecule has 0 bridgehead atoms. The number of hydrogen-bond donors (Lipinski definition) is 2. The van der Waals surface area contributed by atoms with Gasteiger partial charge in [0.25, 0.3) is 5.91 Å². The summed E-state index contributed by atoms with van der Waals surface area (Å²) in [5.41, 5.74) is 6.73. The van der Waals surface area contributed by atoms with Gasteiger partial charge in [-0.05, 0) is 32.4 Å². The third kappa shape index (κ3) is 3.86. The Morgan fingerprint density at radius 1 is 1.47 bits per heavy atom. The van der Waals surface area contributed by atoms with E-state index in [1.165, 1.54) is 7.11 Å². The summed E-state index contributed by atoms with van der Waals surface area (Å²) in [4.78, 5) is 14.2. The number of hydrogen-bond acceptors (Lipinski definition) is 4. The van der Waals surface area contributed by atoms with Gasteiger partial charge in [0.1, 0.15) is 5.75 Å². The van der Waals surface area contributed by atoms with Gasteiger partial charge in [0.2, 0.25) is 0 Å². The van der Waals surface area contributed by atoms with E-state index < -0.39 is 0 Å². The highest BCUT2D eigenvalue weighted by molar-refractivity contribution is 5.97. The summed E-state index contributed by atoms with van der Waals surface area (Å²) >= 11 is 0. The van der Waals surface area contributed by atoms with Crippen LogP contribution in [0.15, 0.2) is 18.2 Å². The summed E-state index contributed by atoms with van der Waals surface area (Å²) in [5, 5.41) is 8.91. The van der Waals surface area contributed by atoms with E-state index in [9.17, 15) is 4.79 Å². The maximum atomic E-state index is 12.5. The van der Waals surface area contributed by atoms with Crippen molar-refractivity contribution >= 4 is 11.6 Å². The fraction of sp³-hybridized carbons (Fsp3) is 0.500. The van der Waals surface area contributed by atoms with E-state index in [0.717, 1.165) is 0 Å². The van der Waals surface area contributed by atoms with Gasteiger partial charge in [0.15, 0.2) is 0 Å². The molecule has 0 saturated heterocycles. The Bertz CT molecular complexity index is 433. The van der Waals surface area contributed by atoms with Crippen LogP contribution in [-0.4, -0.2) is 42.2 Å². The Hall–Kier alpha value is -1.75. The summed E-state index contributed by atoms with van der Waals surface area (Å²) in [6, 6.07) is 5.05. The van der Waals surface area contributed by atoms with Crippen molar-refractivity contribution in [2.24, 2.45) is 0 Å². The standard InChI is InChI=1S/C14H22N2O3/c1-10(2)16(7-4-8-17)14(18)12-6-5-11(15)9-13(12)19-3/h5-6,9-10,17H,4,7-8,15H2,1-3H3. The molecule has 0 aliphatic rings. The van der Waals surface area contributed by atoms with Crippen LogP contribution in [0, 0.1) is 0 Å². The van der Waals surface area contributed by atoms with Crippen molar-refractivity contribution in [1.29, 1.82) is 0 Å². The molecule has 1 rings (SSSR count). The maximum absolute atomic E-state index is 12.5. The average Bonchev–Trinajstić information content (AvgIpc) is 2.38. The largest absolute Gasteiger partial charge is 0.496 e. The Morgan fingerprint density at radius 3 is 2.68 bits per heavy atom. The minimum atomic E-state index is -0.111. The van der Waals surface area contributed by atoms with E-state index in [4.69, 9.17) is 15.6 Å². The average molecular weight is 266 g/mol. The Balaban J connectivity index is 3.02. The topological polar surface area (TPSA) is 75.8 Å². The number of aliphatic hydroxyl groups is 1. The monoisotopic (exact) mass is 266 g/mol. The lowest BCUT2D eigenvalue weighted by Crippen LogP contribution is -2.38. The van der Waals surface area contributed by atoms with Gasteiger partial charge < -0.3 is 20.5 Å². The van der Waals surface area contributed by atoms with E-state index in [2.05, 4.69) is 0 Å². The molecule has 1 amide bonds. The van der Waals surface area contributed by atoms with Gasteiger partial charge in [-0.25, -0.2) is 0 Å². The third-order valence-electron chi connectivity index (χ3n) is 2.90. The van der Waals surface area contributed by atoms with Gasteiger partial charge in [0.05, 0.1) is 12.7 Å². The van der Waals surface area contributed by atoms with E-state index in [-0.39, 0.29) is 18.6 Å². The van der Waals surface area contributed by atoms with Crippen molar-refractivity contribution in [3.05, 3.63) is 23.8 Å². The third-order valence-corrected chi connectivity index (χ3v) is 2.90. The number of nitrogens with zero attached hydrogens (tertiary/aromatic N) is 1. The smallest absolute Gasteiger partial charge is 0.257 e. The molecule has 0 radical (unpaired) electrons. The van der Waals surface area contributed by atoms with Crippen LogP contribution in [0.5, 0.6) is 5.75 Å². The number of methoxy groups -OCH3 is 1. The first-order chi connectivity index (χ1) is 9.01. The summed E-state index contributed by atoms with van der Waals surface area (Å²) in [6.07, 6.45) is 0.557. The van der Waals surface area contributed by atoms with Crippen LogP contribution in [0.1, 0.15) is 30.6 Å². The number of carbonyl (C=O) groups is 1. The second-order valence-corrected chi connectivity index (χ2v) is 4.63. The van der Waals surface area contributed by atoms with Crippen molar-refractivity contribution < 1.29 is 14.6 Å². The molecule has 1 aromatic rings. The molecule has 3 N–H and O–H groups in total. The van der Waals surface area contributed by atoms with Crippen molar-refractivity contribution in [3.63, 3.8) is 0 Å². The molecule has 0 heterocycles. The number of nitrogen functional groups attached to an aromatic ring is 1. The molecule has 0 aliphatic heterocycles. The first kappa shape index (κ1) is 15.3. The molecule has 106 valence electrons. The van der Waals surface area contributed by atoms with Gasteiger partial charge in [0, 0.05) is 30.9 Å². The van der Waals surface area contributed by atoms with Gasteiger partial charge in [-0.3, -0.25) is 4.79 Å². The number of amides is 1. The van der Waals surface area contributed by atoms with Crippen LogP contribution >= 0.6 is 0 Å². The normalized spacial score (nSPS) is 10.6. The van der Waals surface area contributed by atoms with Crippen LogP contribution in [-0.2, 0) is 0 Å². The van der Waals surface area contributed by atoms with E-state index >= 15 is 0 Å². The molecular formula is C14H22N2O3. The highest BCUT2D eigenvalue weighted by Gasteiger charge is 2.21. The van der Waals surface area contributed by atoms with E-state index in [1.807, 2.05) is 13.8 Å². The zero-order valence-corrected chi connectivity index (χ0v) is 11.7. The lowest BCUT2D eigenvalue weighted by molar-refractivity contribution is 0.0690. The Morgan fingerprint density at radius 2 is 2.16 bits per heavy atom. The van der Waals surface area contributed by atoms with Crippen LogP contribution in [0.4, 0.5) is 5.69 Å². The number of ether oxygens (including phenoxy) is 1. The molecule has 0 unspecified atom stereocenters. The van der Waals surface area contributed by atoms with Crippen LogP contribution < -0.4 is 10.5 Å². The lowest BCUT2D eigenvalue weighted by Gasteiger charge is -2.27. The molecule has 0 atom stereocenters. The van der Waals surface area contributed by atoms with E-state index in [1.54, 1.807) is 23.1 Å². The van der Waals surface area contributed by atoms with Crippen molar-refractivity contribution in [2.75, 3.05) is 26.0 Å². The Labute approximate surface area is 114 Å². The number of carbonyl (C=O) groups excluding carboxylic acids is 1. The molecule has 0 fully saturated rings. The molecular weight excluding hydrogens is 244 g/mol. The van der Waals surface area contributed by atoms with Crippen LogP contribution in [0.3, 0.4) is 0 Å². The summed E-state index contributed by atoms with van der Waals surface area (Å²) in [6.45, 7) is 4.47. The highest BCUT2D eigenvalue weighted by atomic mass is 16.5. The zero-order chi connectivity index (χ0) is 14.4. The molecule has 19 heavy (non-hydrogen) atoms. The van der Waals surface area contributed by atoms with Crippen molar-refractivity contribution in [1.82, 2.24) is 4.90 Å². The van der Waals surface area contributed by atoms with Crippen LogP contribution in [0.2, 0.25) is 0 Å². The summed E-state index contributed by atoms with van der Waals surface area (Å²) in [7, 11) is 1.51. The fourth-order valence-electron chi connectivity index (χ4n) is 1.87. The van der Waals surface area contributed by atoms with Gasteiger partial charge in [-0.2, -0.15) is 0 Å². The minimum Gasteiger partial charge on any atom is -0.496 e. The molecule has 0 aromatic heterocycles. The molecule has 1 aromatic carbocycles. The van der Waals surface area contributed by atoms with Crippen molar-refractivity contribution in [2.45, 2.75) is 26.3 Å². The number of rotatable bonds is 6. The maximum Gasteiger partial charge on any atom is 0.257 e. The minimum absolute atomic E-state index is 0.0568. The second-order valence-electron chi connectivity index (χ2n) is 4.63. The number of aliphatic hydroxyl groups excluding tert-OH is 1. The lowest BCUT2D eigenvalue weighted by atomic mass is 10.1. The Kier molecular flexibility index (Phi) is 5.63. The molecule has 5 nitrogen and oxygen atoms in total. The van der Waals surface area contributed by atoms with E-state index in [0.29, 0.717) is 30.0 Å². The first-order valence-corrected chi connectivity index (χ1v) is 6.36. The zero-order valence-electron chi connectivity index (χ0n) is 11.7. The first-order valence-electron chi connectivity index (χ1n) is 6.36. The van der Waals surface area contributed by atoms with Gasteiger partial charge in [-0.1, -0.05) is 0 Å². The van der Waals surface area contributed by atoms with Gasteiger partial charge >= 0.3 is 0 Å². The summed E-state index contributed by atoms with van der Waals surface area (Å²) in [5.74, 6) is 0.361. The van der Waals surface area contributed by atoms with Crippen molar-refractivity contribution in [3.8, 4) is 5.75 Å². The fourth-order valence-corrected chi connectivity index (χ4v) is 1.87. The summed E-state index contributed by atoms with van der Waals surface area (Å²) < 4.78 is 5.20. The number of anilines is 1. The van der Waals surface area contributed by atoms with Gasteiger partial charge in [-0.15, -0.1) is 0 Å². The quantitative estimate of drug-likeness (QED) is 0.765. The predicted molar refractivity (Wildman–Crippen MR) is 75.3 cm³/mol.